The van der Waals surface area contributed by atoms with Gasteiger partial charge in [-0.05, 0) is 66.9 Å². The van der Waals surface area contributed by atoms with Gasteiger partial charge in [0, 0.05) is 12.1 Å². The third-order valence-corrected chi connectivity index (χ3v) is 5.28. The molecule has 0 radical (unpaired) electrons. The molecule has 2 N–H and O–H groups in total. The van der Waals surface area contributed by atoms with E-state index in [1.54, 1.807) is 25.7 Å². The molecule has 33 heavy (non-hydrogen) atoms. The first kappa shape index (κ1) is 28.5. The van der Waals surface area contributed by atoms with Crippen molar-refractivity contribution in [3.63, 3.8) is 0 Å². The van der Waals surface area contributed by atoms with Crippen LogP contribution in [0.1, 0.15) is 85.9 Å². The number of rotatable bonds is 9. The Morgan fingerprint density at radius 1 is 1.03 bits per heavy atom. The lowest BCUT2D eigenvalue weighted by atomic mass is 9.94. The molecule has 0 aliphatic carbocycles. The smallest absolute Gasteiger partial charge is 0.408 e. The zero-order valence-corrected chi connectivity index (χ0v) is 22.0. The van der Waals surface area contributed by atoms with Crippen LogP contribution in [0.15, 0.2) is 24.3 Å². The Hall–Kier alpha value is -2.57. The first-order valence-electron chi connectivity index (χ1n) is 11.9. The summed E-state index contributed by atoms with van der Waals surface area (Å²) in [6, 6.07) is 5.60. The lowest BCUT2D eigenvalue weighted by Gasteiger charge is -2.38. The van der Waals surface area contributed by atoms with E-state index in [4.69, 9.17) is 4.74 Å². The number of ether oxygens (including phenoxy) is 1. The van der Waals surface area contributed by atoms with Crippen molar-refractivity contribution in [2.75, 3.05) is 0 Å². The van der Waals surface area contributed by atoms with Crippen LogP contribution in [0.25, 0.3) is 0 Å². The van der Waals surface area contributed by atoms with Gasteiger partial charge in [-0.25, -0.2) is 4.79 Å². The Bertz CT molecular complexity index is 814. The number of alkyl carbamates (subject to hydrolysis) is 1. The predicted octanol–water partition coefficient (Wildman–Crippen LogP) is 4.74. The van der Waals surface area contributed by atoms with Gasteiger partial charge in [-0.2, -0.15) is 0 Å². The molecule has 0 bridgehead atoms. The predicted molar refractivity (Wildman–Crippen MR) is 132 cm³/mol. The second-order valence-electron chi connectivity index (χ2n) is 10.3. The molecule has 7 heteroatoms. The van der Waals surface area contributed by atoms with Gasteiger partial charge in [-0.1, -0.05) is 50.1 Å². The number of carbonyl (C=O) groups excluding carboxylic acids is 3. The summed E-state index contributed by atoms with van der Waals surface area (Å²) in [7, 11) is 0. The van der Waals surface area contributed by atoms with Crippen molar-refractivity contribution in [1.29, 1.82) is 0 Å². The number of nitrogens with zero attached hydrogens (tertiary/aromatic N) is 1. The summed E-state index contributed by atoms with van der Waals surface area (Å²) in [5.41, 5.74) is 1.04. The lowest BCUT2D eigenvalue weighted by Crippen LogP contribution is -2.57. The van der Waals surface area contributed by atoms with Crippen LogP contribution in [-0.4, -0.2) is 46.5 Å². The molecule has 1 aromatic carbocycles. The largest absolute Gasteiger partial charge is 0.444 e. The molecule has 0 saturated heterocycles. The molecule has 0 aliphatic rings. The summed E-state index contributed by atoms with van der Waals surface area (Å²) >= 11 is 0. The number of benzene rings is 1. The maximum absolute atomic E-state index is 14.0. The van der Waals surface area contributed by atoms with Crippen LogP contribution < -0.4 is 10.6 Å². The Kier molecular flexibility index (Phi) is 10.4. The van der Waals surface area contributed by atoms with Crippen molar-refractivity contribution in [3.8, 4) is 0 Å². The fourth-order valence-corrected chi connectivity index (χ4v) is 3.60. The maximum atomic E-state index is 14.0. The topological polar surface area (TPSA) is 87.7 Å². The van der Waals surface area contributed by atoms with Crippen molar-refractivity contribution in [1.82, 2.24) is 15.5 Å². The van der Waals surface area contributed by atoms with Gasteiger partial charge in [0.25, 0.3) is 0 Å². The maximum Gasteiger partial charge on any atom is 0.408 e. The van der Waals surface area contributed by atoms with E-state index in [1.165, 1.54) is 0 Å². The van der Waals surface area contributed by atoms with Crippen LogP contribution in [0.3, 0.4) is 0 Å². The van der Waals surface area contributed by atoms with Crippen LogP contribution in [0.2, 0.25) is 0 Å². The van der Waals surface area contributed by atoms with Crippen LogP contribution >= 0.6 is 0 Å². The average molecular weight is 462 g/mol. The van der Waals surface area contributed by atoms with E-state index in [2.05, 4.69) is 10.6 Å². The summed E-state index contributed by atoms with van der Waals surface area (Å²) in [4.78, 5) is 41.5. The van der Waals surface area contributed by atoms with E-state index < -0.39 is 23.8 Å². The highest BCUT2D eigenvalue weighted by Gasteiger charge is 2.39. The van der Waals surface area contributed by atoms with Crippen LogP contribution in [0.4, 0.5) is 4.79 Å². The summed E-state index contributed by atoms with van der Waals surface area (Å²) in [6.07, 6.45) is 0.0226. The normalized spacial score (nSPS) is 14.4. The molecule has 0 aliphatic heterocycles. The molecule has 0 aromatic heterocycles. The van der Waals surface area contributed by atoms with Crippen molar-refractivity contribution in [2.45, 2.75) is 105 Å². The number of nitrogens with one attached hydrogen (secondary N) is 2. The van der Waals surface area contributed by atoms with Gasteiger partial charge in [-0.15, -0.1) is 0 Å². The van der Waals surface area contributed by atoms with Gasteiger partial charge < -0.3 is 20.3 Å². The minimum Gasteiger partial charge on any atom is -0.444 e. The SMILES string of the molecule is CCC(C)C(NC(=O)OC(C)(C)C)C(=O)N(C(C)C)C(C(=O)NC(C)C)c1cccc(C)c1. The molecule has 1 rings (SSSR count). The van der Waals surface area contributed by atoms with Gasteiger partial charge in [-0.3, -0.25) is 9.59 Å². The molecular formula is C26H43N3O4. The highest BCUT2D eigenvalue weighted by Crippen LogP contribution is 2.27. The Morgan fingerprint density at radius 3 is 2.09 bits per heavy atom. The van der Waals surface area contributed by atoms with Crippen molar-refractivity contribution in [2.24, 2.45) is 5.92 Å². The summed E-state index contributed by atoms with van der Waals surface area (Å²) in [6.45, 7) is 18.7. The Morgan fingerprint density at radius 2 is 1.64 bits per heavy atom. The molecule has 7 nitrogen and oxygen atoms in total. The van der Waals surface area contributed by atoms with E-state index in [0.717, 1.165) is 11.1 Å². The van der Waals surface area contributed by atoms with Crippen LogP contribution in [0, 0.1) is 12.8 Å². The second-order valence-corrected chi connectivity index (χ2v) is 10.3. The standard InChI is InChI=1S/C26H43N3O4/c1-11-19(7)21(28-25(32)33-26(8,9)10)24(31)29(17(4)5)22(23(30)27-16(2)3)20-14-12-13-18(6)15-20/h12-17,19,21-22H,11H2,1-10H3,(H,27,30)(H,28,32). The number of hydrogen-bond donors (Lipinski definition) is 2. The van der Waals surface area contributed by atoms with E-state index in [9.17, 15) is 14.4 Å². The molecule has 0 spiro atoms. The first-order valence-corrected chi connectivity index (χ1v) is 11.9. The minimum atomic E-state index is -0.827. The fraction of sp³-hybridized carbons (Fsp3) is 0.654. The van der Waals surface area contributed by atoms with E-state index in [-0.39, 0.29) is 29.8 Å². The zero-order valence-electron chi connectivity index (χ0n) is 22.0. The first-order chi connectivity index (χ1) is 15.2. The average Bonchev–Trinajstić information content (AvgIpc) is 2.66. The van der Waals surface area contributed by atoms with Gasteiger partial charge >= 0.3 is 6.09 Å². The van der Waals surface area contributed by atoms with Gasteiger partial charge in [0.05, 0.1) is 0 Å². The van der Waals surface area contributed by atoms with E-state index in [1.807, 2.05) is 72.7 Å². The molecule has 0 heterocycles. The molecule has 3 amide bonds. The molecule has 1 aromatic rings. The Balaban J connectivity index is 3.47. The third-order valence-electron chi connectivity index (χ3n) is 5.28. The molecule has 3 atom stereocenters. The van der Waals surface area contributed by atoms with Crippen molar-refractivity contribution >= 4 is 17.9 Å². The van der Waals surface area contributed by atoms with Gasteiger partial charge in [0.2, 0.25) is 11.8 Å². The summed E-state index contributed by atoms with van der Waals surface area (Å²) < 4.78 is 5.41. The molecule has 0 fully saturated rings. The second kappa shape index (κ2) is 12.1. The molecule has 3 unspecified atom stereocenters. The van der Waals surface area contributed by atoms with E-state index in [0.29, 0.717) is 6.42 Å². The van der Waals surface area contributed by atoms with Crippen LogP contribution in [-0.2, 0) is 14.3 Å². The van der Waals surface area contributed by atoms with E-state index >= 15 is 0 Å². The number of hydrogen-bond acceptors (Lipinski definition) is 4. The molecule has 186 valence electrons. The van der Waals surface area contributed by atoms with Crippen LogP contribution in [0.5, 0.6) is 0 Å². The fourth-order valence-electron chi connectivity index (χ4n) is 3.60. The summed E-state index contributed by atoms with van der Waals surface area (Å²) in [5, 5.41) is 5.73. The van der Waals surface area contributed by atoms with Crippen molar-refractivity contribution in [3.05, 3.63) is 35.4 Å². The van der Waals surface area contributed by atoms with Gasteiger partial charge in [0.1, 0.15) is 17.7 Å². The number of aryl methyl sites for hydroxylation is 1. The Labute approximate surface area is 199 Å². The van der Waals surface area contributed by atoms with Crippen molar-refractivity contribution < 1.29 is 19.1 Å². The third kappa shape index (κ3) is 8.71. The highest BCUT2D eigenvalue weighted by molar-refractivity contribution is 5.92. The van der Waals surface area contributed by atoms with Gasteiger partial charge in [0.15, 0.2) is 0 Å². The highest BCUT2D eigenvalue weighted by atomic mass is 16.6. The molecule has 0 saturated carbocycles. The molecular weight excluding hydrogens is 418 g/mol. The number of amides is 3. The summed E-state index contributed by atoms with van der Waals surface area (Å²) in [5.74, 6) is -0.717. The minimum absolute atomic E-state index is 0.0841. The monoisotopic (exact) mass is 461 g/mol. The zero-order chi connectivity index (χ0) is 25.5. The number of carbonyl (C=O) groups is 3. The quantitative estimate of drug-likeness (QED) is 0.556. The lowest BCUT2D eigenvalue weighted by molar-refractivity contribution is -0.145.